The Morgan fingerprint density at radius 1 is 1.75 bits per heavy atom. The van der Waals surface area contributed by atoms with E-state index >= 15 is 0 Å². The van der Waals surface area contributed by atoms with E-state index in [1.54, 1.807) is 6.92 Å². The van der Waals surface area contributed by atoms with Gasteiger partial charge in [0.1, 0.15) is 5.82 Å². The number of aromatic nitrogens is 2. The van der Waals surface area contributed by atoms with Gasteiger partial charge in [-0.15, -0.1) is 11.6 Å². The Bertz CT molecular complexity index is 319. The van der Waals surface area contributed by atoms with Gasteiger partial charge in [-0.2, -0.15) is 0 Å². The van der Waals surface area contributed by atoms with Gasteiger partial charge in [0.25, 0.3) is 5.56 Å². The highest BCUT2D eigenvalue weighted by Gasteiger charge is 2.04. The SMILES string of the molecule is CCc1cc(=O)[nH]c(C(C)Cl)n1. The number of hydrogen-bond donors (Lipinski definition) is 1. The van der Waals surface area contributed by atoms with Crippen molar-refractivity contribution in [3.05, 3.63) is 27.9 Å². The summed E-state index contributed by atoms with van der Waals surface area (Å²) in [5.41, 5.74) is 0.644. The molecular weight excluding hydrogens is 176 g/mol. The Kier molecular flexibility index (Phi) is 2.87. The predicted molar refractivity (Wildman–Crippen MR) is 48.5 cm³/mol. The van der Waals surface area contributed by atoms with Gasteiger partial charge in [-0.3, -0.25) is 4.79 Å². The third kappa shape index (κ3) is 2.08. The van der Waals surface area contributed by atoms with Crippen LogP contribution in [-0.2, 0) is 6.42 Å². The fourth-order valence-corrected chi connectivity index (χ4v) is 1.00. The van der Waals surface area contributed by atoms with E-state index in [1.807, 2.05) is 6.92 Å². The third-order valence-corrected chi connectivity index (χ3v) is 1.76. The molecular formula is C8H11ClN2O. The molecule has 4 heteroatoms. The summed E-state index contributed by atoms with van der Waals surface area (Å²) >= 11 is 5.77. The van der Waals surface area contributed by atoms with E-state index < -0.39 is 0 Å². The molecule has 1 atom stereocenters. The molecule has 12 heavy (non-hydrogen) atoms. The minimum atomic E-state index is -0.246. The molecule has 0 amide bonds. The maximum atomic E-state index is 11.0. The molecule has 0 bridgehead atoms. The number of rotatable bonds is 2. The zero-order chi connectivity index (χ0) is 9.14. The van der Waals surface area contributed by atoms with Crippen molar-refractivity contribution >= 4 is 11.6 Å². The second-order valence-corrected chi connectivity index (χ2v) is 3.25. The van der Waals surface area contributed by atoms with Crippen molar-refractivity contribution in [1.82, 2.24) is 9.97 Å². The lowest BCUT2D eigenvalue weighted by molar-refractivity contribution is 0.852. The van der Waals surface area contributed by atoms with Crippen LogP contribution in [0.15, 0.2) is 10.9 Å². The number of aryl methyl sites for hydroxylation is 1. The van der Waals surface area contributed by atoms with E-state index in [0.717, 1.165) is 12.1 Å². The van der Waals surface area contributed by atoms with Crippen LogP contribution in [0.5, 0.6) is 0 Å². The van der Waals surface area contributed by atoms with Gasteiger partial charge in [0.15, 0.2) is 0 Å². The number of hydrogen-bond acceptors (Lipinski definition) is 2. The predicted octanol–water partition coefficient (Wildman–Crippen LogP) is 1.63. The van der Waals surface area contributed by atoms with E-state index in [-0.39, 0.29) is 10.9 Å². The van der Waals surface area contributed by atoms with E-state index in [0.29, 0.717) is 5.82 Å². The topological polar surface area (TPSA) is 45.8 Å². The lowest BCUT2D eigenvalue weighted by atomic mass is 10.3. The molecule has 1 rings (SSSR count). The van der Waals surface area contributed by atoms with Crippen LogP contribution in [0, 0.1) is 0 Å². The highest BCUT2D eigenvalue weighted by Crippen LogP contribution is 2.12. The van der Waals surface area contributed by atoms with E-state index in [4.69, 9.17) is 11.6 Å². The minimum Gasteiger partial charge on any atom is -0.309 e. The van der Waals surface area contributed by atoms with E-state index in [1.165, 1.54) is 6.07 Å². The summed E-state index contributed by atoms with van der Waals surface area (Å²) in [5, 5.41) is -0.246. The number of aromatic amines is 1. The first kappa shape index (κ1) is 9.26. The lowest BCUT2D eigenvalue weighted by Gasteiger charge is -2.02. The van der Waals surface area contributed by atoms with Gasteiger partial charge in [-0.1, -0.05) is 6.92 Å². The van der Waals surface area contributed by atoms with Crippen LogP contribution >= 0.6 is 11.6 Å². The average molecular weight is 187 g/mol. The zero-order valence-electron chi connectivity index (χ0n) is 7.10. The summed E-state index contributed by atoms with van der Waals surface area (Å²) in [5.74, 6) is 0.543. The Morgan fingerprint density at radius 3 is 2.92 bits per heavy atom. The van der Waals surface area contributed by atoms with Crippen molar-refractivity contribution in [3.8, 4) is 0 Å². The average Bonchev–Trinajstić information content (AvgIpc) is 2.03. The monoisotopic (exact) mass is 186 g/mol. The van der Waals surface area contributed by atoms with Crippen LogP contribution in [0.4, 0.5) is 0 Å². The molecule has 0 aliphatic heterocycles. The zero-order valence-corrected chi connectivity index (χ0v) is 7.85. The second kappa shape index (κ2) is 3.72. The van der Waals surface area contributed by atoms with Crippen molar-refractivity contribution < 1.29 is 0 Å². The van der Waals surface area contributed by atoms with Crippen LogP contribution in [-0.4, -0.2) is 9.97 Å². The molecule has 66 valence electrons. The highest BCUT2D eigenvalue weighted by molar-refractivity contribution is 6.20. The number of nitrogens with zero attached hydrogens (tertiary/aromatic N) is 1. The molecule has 0 spiro atoms. The molecule has 1 heterocycles. The van der Waals surface area contributed by atoms with Gasteiger partial charge in [0.2, 0.25) is 0 Å². The fourth-order valence-electron chi connectivity index (χ4n) is 0.898. The first-order chi connectivity index (χ1) is 5.63. The van der Waals surface area contributed by atoms with Gasteiger partial charge < -0.3 is 4.98 Å². The molecule has 0 saturated heterocycles. The summed E-state index contributed by atoms with van der Waals surface area (Å²) in [4.78, 5) is 17.8. The van der Waals surface area contributed by atoms with Crippen molar-refractivity contribution in [3.63, 3.8) is 0 Å². The lowest BCUT2D eigenvalue weighted by Crippen LogP contribution is -2.12. The van der Waals surface area contributed by atoms with Gasteiger partial charge in [0.05, 0.1) is 5.38 Å². The highest BCUT2D eigenvalue weighted by atomic mass is 35.5. The summed E-state index contributed by atoms with van der Waals surface area (Å²) in [6.07, 6.45) is 0.751. The number of alkyl halides is 1. The Hall–Kier alpha value is -0.830. The first-order valence-corrected chi connectivity index (χ1v) is 4.31. The summed E-state index contributed by atoms with van der Waals surface area (Å²) in [7, 11) is 0. The Balaban J connectivity index is 3.15. The number of halogens is 1. The van der Waals surface area contributed by atoms with Crippen molar-refractivity contribution in [1.29, 1.82) is 0 Å². The summed E-state index contributed by atoms with van der Waals surface area (Å²) in [6.45, 7) is 3.73. The van der Waals surface area contributed by atoms with Crippen LogP contribution in [0.25, 0.3) is 0 Å². The summed E-state index contributed by atoms with van der Waals surface area (Å²) < 4.78 is 0. The largest absolute Gasteiger partial charge is 0.309 e. The third-order valence-electron chi connectivity index (χ3n) is 1.55. The van der Waals surface area contributed by atoms with Crippen LogP contribution in [0.2, 0.25) is 0 Å². The van der Waals surface area contributed by atoms with E-state index in [9.17, 15) is 4.79 Å². The van der Waals surface area contributed by atoms with Gasteiger partial charge >= 0.3 is 0 Å². The molecule has 0 fully saturated rings. The second-order valence-electron chi connectivity index (χ2n) is 2.59. The standard InChI is InChI=1S/C8H11ClN2O/c1-3-6-4-7(12)11-8(10-6)5(2)9/h4-5H,3H2,1-2H3,(H,10,11,12). The van der Waals surface area contributed by atoms with Crippen LogP contribution in [0.1, 0.15) is 30.7 Å². The number of H-pyrrole nitrogens is 1. The molecule has 0 aliphatic carbocycles. The Labute approximate surface area is 75.8 Å². The van der Waals surface area contributed by atoms with Crippen LogP contribution < -0.4 is 5.56 Å². The fraction of sp³-hybridized carbons (Fsp3) is 0.500. The minimum absolute atomic E-state index is 0.135. The maximum Gasteiger partial charge on any atom is 0.251 e. The normalized spacial score (nSPS) is 12.9. The quantitative estimate of drug-likeness (QED) is 0.714. The molecule has 1 N–H and O–H groups in total. The molecule has 3 nitrogen and oxygen atoms in total. The maximum absolute atomic E-state index is 11.0. The molecule has 1 aromatic rings. The Morgan fingerprint density at radius 2 is 2.42 bits per heavy atom. The molecule has 0 saturated carbocycles. The molecule has 1 aromatic heterocycles. The van der Waals surface area contributed by atoms with Crippen molar-refractivity contribution in [2.45, 2.75) is 25.6 Å². The molecule has 0 aliphatic rings. The molecule has 1 unspecified atom stereocenters. The van der Waals surface area contributed by atoms with Crippen LogP contribution in [0.3, 0.4) is 0 Å². The van der Waals surface area contributed by atoms with Crippen molar-refractivity contribution in [2.75, 3.05) is 0 Å². The van der Waals surface area contributed by atoms with Gasteiger partial charge in [-0.25, -0.2) is 4.98 Å². The number of nitrogens with one attached hydrogen (secondary N) is 1. The molecule has 0 radical (unpaired) electrons. The van der Waals surface area contributed by atoms with Gasteiger partial charge in [-0.05, 0) is 13.3 Å². The molecule has 0 aromatic carbocycles. The first-order valence-electron chi connectivity index (χ1n) is 3.87. The van der Waals surface area contributed by atoms with E-state index in [2.05, 4.69) is 9.97 Å². The van der Waals surface area contributed by atoms with Gasteiger partial charge in [0, 0.05) is 11.8 Å². The summed E-state index contributed by atoms with van der Waals surface area (Å²) in [6, 6.07) is 1.49. The smallest absolute Gasteiger partial charge is 0.251 e. The van der Waals surface area contributed by atoms with Crippen molar-refractivity contribution in [2.24, 2.45) is 0 Å².